The summed E-state index contributed by atoms with van der Waals surface area (Å²) >= 11 is 0. The third kappa shape index (κ3) is 11.2. The van der Waals surface area contributed by atoms with Gasteiger partial charge in [0.1, 0.15) is 0 Å². The largest absolute Gasteiger partial charge is 0.381 e. The molecule has 0 aromatic heterocycles. The van der Waals surface area contributed by atoms with Crippen molar-refractivity contribution >= 4 is 29.9 Å². The Hall–Kier alpha value is -0.0800. The summed E-state index contributed by atoms with van der Waals surface area (Å²) in [6, 6.07) is 0.728. The quantitative estimate of drug-likeness (QED) is 0.238. The fourth-order valence-corrected chi connectivity index (χ4v) is 2.76. The normalized spacial score (nSPS) is 19.3. The van der Waals surface area contributed by atoms with Crippen LogP contribution in [0.25, 0.3) is 0 Å². The number of halogens is 1. The van der Waals surface area contributed by atoms with Gasteiger partial charge in [-0.3, -0.25) is 9.89 Å². The smallest absolute Gasteiger partial charge is 0.191 e. The minimum atomic E-state index is 0. The van der Waals surface area contributed by atoms with E-state index in [1.807, 2.05) is 7.05 Å². The Balaban J connectivity index is 0.00000484. The van der Waals surface area contributed by atoms with Crippen LogP contribution < -0.4 is 10.6 Å². The number of unbranched alkanes of at least 4 members (excludes halogenated alkanes) is 1. The lowest BCUT2D eigenvalue weighted by molar-refractivity contribution is 0.129. The molecular weight excluding hydrogens is 403 g/mol. The SMILES string of the molecule is CCCCOCCCNC(=NC)NCCN1CCCCC1C.I. The van der Waals surface area contributed by atoms with Crippen LogP contribution in [-0.4, -0.2) is 63.3 Å². The zero-order chi connectivity index (χ0) is 16.0. The summed E-state index contributed by atoms with van der Waals surface area (Å²) in [7, 11) is 1.83. The first kappa shape index (κ1) is 22.9. The third-order valence-corrected chi connectivity index (χ3v) is 4.26. The molecule has 1 fully saturated rings. The predicted octanol–water partition coefficient (Wildman–Crippen LogP) is 2.85. The lowest BCUT2D eigenvalue weighted by atomic mass is 10.0. The molecule has 1 saturated heterocycles. The standard InChI is InChI=1S/C17H36N4O.HI/c1-4-5-14-22-15-8-10-19-17(18-3)20-11-13-21-12-7-6-9-16(21)2;/h16H,4-15H2,1-3H3,(H2,18,19,20);1H. The van der Waals surface area contributed by atoms with Gasteiger partial charge in [0.25, 0.3) is 0 Å². The predicted molar refractivity (Wildman–Crippen MR) is 110 cm³/mol. The van der Waals surface area contributed by atoms with Gasteiger partial charge in [-0.25, -0.2) is 0 Å². The molecule has 1 unspecified atom stereocenters. The monoisotopic (exact) mass is 440 g/mol. The van der Waals surface area contributed by atoms with Crippen molar-refractivity contribution in [1.29, 1.82) is 0 Å². The Morgan fingerprint density at radius 1 is 1.17 bits per heavy atom. The van der Waals surface area contributed by atoms with Gasteiger partial charge in [0, 0.05) is 45.9 Å². The molecule has 1 aliphatic heterocycles. The fourth-order valence-electron chi connectivity index (χ4n) is 2.76. The van der Waals surface area contributed by atoms with Gasteiger partial charge in [0.05, 0.1) is 0 Å². The van der Waals surface area contributed by atoms with Crippen LogP contribution in [0.4, 0.5) is 0 Å². The molecule has 0 aromatic rings. The summed E-state index contributed by atoms with van der Waals surface area (Å²) < 4.78 is 5.55. The Morgan fingerprint density at radius 2 is 1.91 bits per heavy atom. The van der Waals surface area contributed by atoms with Crippen LogP contribution >= 0.6 is 24.0 Å². The summed E-state index contributed by atoms with van der Waals surface area (Å²) in [5.74, 6) is 0.901. The summed E-state index contributed by atoms with van der Waals surface area (Å²) in [6.07, 6.45) is 7.44. The van der Waals surface area contributed by atoms with E-state index in [4.69, 9.17) is 4.74 Å². The number of likely N-dealkylation sites (tertiary alicyclic amines) is 1. The summed E-state index contributed by atoms with van der Waals surface area (Å²) in [6.45, 7) is 10.4. The van der Waals surface area contributed by atoms with E-state index in [1.54, 1.807) is 0 Å². The maximum absolute atomic E-state index is 5.55. The number of guanidine groups is 1. The minimum absolute atomic E-state index is 0. The Bertz CT molecular complexity index is 302. The van der Waals surface area contributed by atoms with E-state index in [0.29, 0.717) is 0 Å². The third-order valence-electron chi connectivity index (χ3n) is 4.26. The fraction of sp³-hybridized carbons (Fsp3) is 0.941. The number of piperidine rings is 1. The van der Waals surface area contributed by atoms with Crippen molar-refractivity contribution in [3.63, 3.8) is 0 Å². The topological polar surface area (TPSA) is 48.9 Å². The molecule has 1 atom stereocenters. The van der Waals surface area contributed by atoms with Crippen molar-refractivity contribution in [2.45, 2.75) is 58.4 Å². The second-order valence-electron chi connectivity index (χ2n) is 6.13. The molecule has 138 valence electrons. The van der Waals surface area contributed by atoms with E-state index in [1.165, 1.54) is 32.2 Å². The number of hydrogen-bond donors (Lipinski definition) is 2. The lowest BCUT2D eigenvalue weighted by Crippen LogP contribution is -2.45. The van der Waals surface area contributed by atoms with Gasteiger partial charge < -0.3 is 15.4 Å². The second-order valence-corrected chi connectivity index (χ2v) is 6.13. The van der Waals surface area contributed by atoms with Crippen LogP contribution in [0.2, 0.25) is 0 Å². The Morgan fingerprint density at radius 3 is 2.61 bits per heavy atom. The maximum atomic E-state index is 5.55. The maximum Gasteiger partial charge on any atom is 0.191 e. The van der Waals surface area contributed by atoms with Gasteiger partial charge in [0.2, 0.25) is 0 Å². The molecule has 5 nitrogen and oxygen atoms in total. The van der Waals surface area contributed by atoms with Crippen LogP contribution in [0.3, 0.4) is 0 Å². The number of nitrogens with zero attached hydrogens (tertiary/aromatic N) is 2. The van der Waals surface area contributed by atoms with Gasteiger partial charge in [-0.1, -0.05) is 19.8 Å². The van der Waals surface area contributed by atoms with Gasteiger partial charge in [-0.15, -0.1) is 24.0 Å². The molecule has 0 aromatic carbocycles. The van der Waals surface area contributed by atoms with E-state index in [2.05, 4.69) is 34.4 Å². The van der Waals surface area contributed by atoms with Gasteiger partial charge >= 0.3 is 0 Å². The lowest BCUT2D eigenvalue weighted by Gasteiger charge is -2.33. The highest BCUT2D eigenvalue weighted by Crippen LogP contribution is 2.15. The van der Waals surface area contributed by atoms with Gasteiger partial charge in [0.15, 0.2) is 5.96 Å². The Kier molecular flexibility index (Phi) is 15.4. The molecule has 0 bridgehead atoms. The number of hydrogen-bond acceptors (Lipinski definition) is 3. The molecule has 0 amide bonds. The first-order chi connectivity index (χ1) is 10.8. The van der Waals surface area contributed by atoms with Crippen LogP contribution in [0.5, 0.6) is 0 Å². The van der Waals surface area contributed by atoms with Crippen LogP contribution in [0.15, 0.2) is 4.99 Å². The number of rotatable bonds is 10. The number of aliphatic imine (C=N–C) groups is 1. The number of ether oxygens (including phenoxy) is 1. The van der Waals surface area contributed by atoms with Crippen molar-refractivity contribution < 1.29 is 4.74 Å². The summed E-state index contributed by atoms with van der Waals surface area (Å²) in [5, 5.41) is 6.75. The van der Waals surface area contributed by atoms with Crippen molar-refractivity contribution in [3.8, 4) is 0 Å². The summed E-state index contributed by atoms with van der Waals surface area (Å²) in [5.41, 5.74) is 0. The van der Waals surface area contributed by atoms with Crippen LogP contribution in [-0.2, 0) is 4.74 Å². The van der Waals surface area contributed by atoms with Crippen LogP contribution in [0.1, 0.15) is 52.4 Å². The van der Waals surface area contributed by atoms with E-state index in [0.717, 1.165) is 57.7 Å². The zero-order valence-corrected chi connectivity index (χ0v) is 17.6. The number of nitrogens with one attached hydrogen (secondary N) is 2. The van der Waals surface area contributed by atoms with E-state index >= 15 is 0 Å². The Labute approximate surface area is 160 Å². The second kappa shape index (κ2) is 15.4. The first-order valence-electron chi connectivity index (χ1n) is 9.04. The molecule has 2 N–H and O–H groups in total. The molecule has 0 aliphatic carbocycles. The molecule has 6 heteroatoms. The van der Waals surface area contributed by atoms with Gasteiger partial charge in [-0.05, 0) is 39.2 Å². The zero-order valence-electron chi connectivity index (χ0n) is 15.3. The summed E-state index contributed by atoms with van der Waals surface area (Å²) in [4.78, 5) is 6.85. The van der Waals surface area contributed by atoms with Gasteiger partial charge in [-0.2, -0.15) is 0 Å². The average Bonchev–Trinajstić information content (AvgIpc) is 2.54. The molecule has 0 radical (unpaired) electrons. The minimum Gasteiger partial charge on any atom is -0.381 e. The van der Waals surface area contributed by atoms with Crippen molar-refractivity contribution in [3.05, 3.63) is 0 Å². The van der Waals surface area contributed by atoms with E-state index in [-0.39, 0.29) is 24.0 Å². The molecule has 0 spiro atoms. The first-order valence-corrected chi connectivity index (χ1v) is 9.04. The highest BCUT2D eigenvalue weighted by molar-refractivity contribution is 14.0. The highest BCUT2D eigenvalue weighted by Gasteiger charge is 2.17. The molecular formula is C17H37IN4O. The average molecular weight is 440 g/mol. The van der Waals surface area contributed by atoms with Crippen molar-refractivity contribution in [1.82, 2.24) is 15.5 Å². The van der Waals surface area contributed by atoms with Crippen LogP contribution in [0, 0.1) is 0 Å². The van der Waals surface area contributed by atoms with E-state index < -0.39 is 0 Å². The molecule has 0 saturated carbocycles. The highest BCUT2D eigenvalue weighted by atomic mass is 127. The molecule has 1 heterocycles. The molecule has 1 aliphatic rings. The van der Waals surface area contributed by atoms with Crippen molar-refractivity contribution in [2.24, 2.45) is 4.99 Å². The van der Waals surface area contributed by atoms with Crippen molar-refractivity contribution in [2.75, 3.05) is 46.4 Å². The van der Waals surface area contributed by atoms with E-state index in [9.17, 15) is 0 Å². The molecule has 1 rings (SSSR count). The molecule has 23 heavy (non-hydrogen) atoms.